The van der Waals surface area contributed by atoms with Crippen LogP contribution in [0.2, 0.25) is 0 Å². The van der Waals surface area contributed by atoms with Crippen LogP contribution in [-0.2, 0) is 16.1 Å². The average Bonchev–Trinajstić information content (AvgIpc) is 3.56. The predicted octanol–water partition coefficient (Wildman–Crippen LogP) is 0.561. The van der Waals surface area contributed by atoms with E-state index in [4.69, 9.17) is 5.73 Å². The largest absolute Gasteiger partial charge is 0.391 e. The second-order valence-electron chi connectivity index (χ2n) is 9.24. The van der Waals surface area contributed by atoms with Gasteiger partial charge in [0.05, 0.1) is 36.6 Å². The molecule has 3 heterocycles. The van der Waals surface area contributed by atoms with E-state index in [9.17, 15) is 23.9 Å². The second kappa shape index (κ2) is 9.61. The minimum absolute atomic E-state index is 0.00373. The molecule has 2 aromatic heterocycles. The van der Waals surface area contributed by atoms with Crippen molar-refractivity contribution in [3.63, 3.8) is 0 Å². The number of rotatable bonds is 6. The Morgan fingerprint density at radius 3 is 2.69 bits per heavy atom. The van der Waals surface area contributed by atoms with Gasteiger partial charge < -0.3 is 21.1 Å². The summed E-state index contributed by atoms with van der Waals surface area (Å²) in [7, 11) is 0. The summed E-state index contributed by atoms with van der Waals surface area (Å²) in [6.45, 7) is -0.520. The Morgan fingerprint density at radius 1 is 1.17 bits per heavy atom. The fraction of sp³-hybridized carbons (Fsp3) is 0.417. The van der Waals surface area contributed by atoms with Gasteiger partial charge in [-0.15, -0.1) is 0 Å². The molecule has 2 aliphatic rings. The summed E-state index contributed by atoms with van der Waals surface area (Å²) in [4.78, 5) is 39.4. The minimum Gasteiger partial charge on any atom is -0.391 e. The van der Waals surface area contributed by atoms with Gasteiger partial charge in [0, 0.05) is 17.4 Å². The minimum atomic E-state index is -1.34. The molecule has 4 atom stereocenters. The van der Waals surface area contributed by atoms with Gasteiger partial charge in [-0.2, -0.15) is 15.3 Å². The smallest absolute Gasteiger partial charge is 0.269 e. The van der Waals surface area contributed by atoms with Gasteiger partial charge in [0.15, 0.2) is 5.69 Å². The van der Waals surface area contributed by atoms with E-state index in [1.54, 1.807) is 36.7 Å². The number of hydrogen-bond donors (Lipinski definition) is 3. The third-order valence-electron chi connectivity index (χ3n) is 6.87. The monoisotopic (exact) mass is 495 g/mol. The van der Waals surface area contributed by atoms with Gasteiger partial charge in [-0.3, -0.25) is 19.1 Å². The van der Waals surface area contributed by atoms with Crippen LogP contribution in [0.3, 0.4) is 0 Å². The lowest BCUT2D eigenvalue weighted by molar-refractivity contribution is -0.139. The number of primary amides is 1. The van der Waals surface area contributed by atoms with Crippen molar-refractivity contribution >= 4 is 28.6 Å². The predicted molar refractivity (Wildman–Crippen MR) is 126 cm³/mol. The molecule has 1 unspecified atom stereocenters. The molecule has 5 rings (SSSR count). The number of alkyl halides is 1. The number of nitrogens with zero attached hydrogens (tertiary/aromatic N) is 5. The van der Waals surface area contributed by atoms with Gasteiger partial charge in [0.25, 0.3) is 5.91 Å². The molecular formula is C24H26FN7O4. The summed E-state index contributed by atoms with van der Waals surface area (Å²) < 4.78 is 15.7. The van der Waals surface area contributed by atoms with E-state index in [0.29, 0.717) is 23.7 Å². The van der Waals surface area contributed by atoms with Crippen LogP contribution in [0.5, 0.6) is 0 Å². The highest BCUT2D eigenvalue weighted by Crippen LogP contribution is 2.28. The van der Waals surface area contributed by atoms with E-state index in [-0.39, 0.29) is 25.2 Å². The maximum absolute atomic E-state index is 14.3. The van der Waals surface area contributed by atoms with Gasteiger partial charge in [-0.1, -0.05) is 6.07 Å². The Kier molecular flexibility index (Phi) is 6.35. The number of aliphatic hydroxyl groups is 1. The standard InChI is InChI=1S/C24H26FN7O4/c25-15-9-19(24(36)29-17-2-1-3-20(17)33)31(11-15)21(34)12-32-18-5-4-13(14-6-7-27-28-10-14)8-16(18)22(30-32)23(26)35/h4-8,10,15,17,19-20,33H,1-3,9,11-12H2,(H2,26,35)(H,29,36)/t15-,17-,19?,20-/m1/s1. The summed E-state index contributed by atoms with van der Waals surface area (Å²) in [5, 5.41) is 25.1. The zero-order valence-electron chi connectivity index (χ0n) is 19.4. The molecule has 1 saturated carbocycles. The lowest BCUT2D eigenvalue weighted by atomic mass is 10.0. The lowest BCUT2D eigenvalue weighted by Gasteiger charge is -2.26. The van der Waals surface area contributed by atoms with Gasteiger partial charge >= 0.3 is 0 Å². The van der Waals surface area contributed by atoms with Crippen LogP contribution in [0.1, 0.15) is 36.2 Å². The topological polar surface area (TPSA) is 156 Å². The van der Waals surface area contributed by atoms with Crippen LogP contribution in [0.15, 0.2) is 36.7 Å². The number of aliphatic hydroxyl groups excluding tert-OH is 1. The number of aromatic nitrogens is 4. The number of carbonyl (C=O) groups excluding carboxylic acids is 3. The normalized spacial score (nSPS) is 23.8. The number of likely N-dealkylation sites (tertiary alicyclic amines) is 1. The van der Waals surface area contributed by atoms with Crippen molar-refractivity contribution in [2.24, 2.45) is 5.73 Å². The van der Waals surface area contributed by atoms with E-state index in [1.807, 2.05) is 0 Å². The van der Waals surface area contributed by atoms with E-state index < -0.39 is 42.1 Å². The Labute approximate surface area is 205 Å². The Hall–Kier alpha value is -3.93. The molecule has 12 heteroatoms. The van der Waals surface area contributed by atoms with Crippen LogP contribution in [0.4, 0.5) is 4.39 Å². The third kappa shape index (κ3) is 4.51. The number of nitrogens with two attached hydrogens (primary N) is 1. The molecule has 4 N–H and O–H groups in total. The summed E-state index contributed by atoms with van der Waals surface area (Å²) in [6, 6.07) is 5.63. The van der Waals surface area contributed by atoms with Crippen molar-refractivity contribution in [1.82, 2.24) is 30.2 Å². The molecule has 188 valence electrons. The molecule has 3 aromatic rings. The number of hydrogen-bond acceptors (Lipinski definition) is 7. The van der Waals surface area contributed by atoms with E-state index >= 15 is 0 Å². The maximum atomic E-state index is 14.3. The number of fused-ring (bicyclic) bond motifs is 1. The molecule has 1 saturated heterocycles. The van der Waals surface area contributed by atoms with Crippen LogP contribution >= 0.6 is 0 Å². The molecule has 3 amide bonds. The first-order valence-corrected chi connectivity index (χ1v) is 11.8. The fourth-order valence-corrected chi connectivity index (χ4v) is 5.04. The average molecular weight is 496 g/mol. The molecule has 1 aliphatic carbocycles. The fourth-order valence-electron chi connectivity index (χ4n) is 5.04. The number of nitrogens with one attached hydrogen (secondary N) is 1. The number of benzene rings is 1. The summed E-state index contributed by atoms with van der Waals surface area (Å²) in [5.41, 5.74) is 7.58. The highest BCUT2D eigenvalue weighted by Gasteiger charge is 2.41. The van der Waals surface area contributed by atoms with Gasteiger partial charge in [0.2, 0.25) is 11.8 Å². The zero-order valence-corrected chi connectivity index (χ0v) is 19.4. The summed E-state index contributed by atoms with van der Waals surface area (Å²) in [5.74, 6) is -1.74. The Balaban J connectivity index is 1.39. The van der Waals surface area contributed by atoms with Crippen LogP contribution in [0.25, 0.3) is 22.0 Å². The highest BCUT2D eigenvalue weighted by atomic mass is 19.1. The molecular weight excluding hydrogens is 469 g/mol. The Bertz CT molecular complexity index is 1310. The first-order chi connectivity index (χ1) is 17.3. The molecule has 11 nitrogen and oxygen atoms in total. The maximum Gasteiger partial charge on any atom is 0.269 e. The molecule has 0 bridgehead atoms. The molecule has 1 aliphatic heterocycles. The zero-order chi connectivity index (χ0) is 25.4. The SMILES string of the molecule is NC(=O)c1nn(CC(=O)N2C[C@H](F)CC2C(=O)N[C@@H]2CCC[C@H]2O)c2ccc(-c3ccnnc3)cc12. The van der Waals surface area contributed by atoms with Crippen molar-refractivity contribution < 1.29 is 23.9 Å². The number of halogens is 1. The van der Waals surface area contributed by atoms with Crippen molar-refractivity contribution in [1.29, 1.82) is 0 Å². The van der Waals surface area contributed by atoms with Crippen molar-refractivity contribution in [2.75, 3.05) is 6.54 Å². The van der Waals surface area contributed by atoms with Crippen LogP contribution in [0, 0.1) is 0 Å². The van der Waals surface area contributed by atoms with Gasteiger partial charge in [-0.05, 0) is 43.0 Å². The number of carbonyl (C=O) groups is 3. The van der Waals surface area contributed by atoms with Crippen molar-refractivity contribution in [3.05, 3.63) is 42.4 Å². The molecule has 0 spiro atoms. The lowest BCUT2D eigenvalue weighted by Crippen LogP contribution is -2.51. The molecule has 1 aromatic carbocycles. The van der Waals surface area contributed by atoms with Crippen LogP contribution in [-0.4, -0.2) is 78.6 Å². The van der Waals surface area contributed by atoms with Gasteiger partial charge in [0.1, 0.15) is 18.8 Å². The van der Waals surface area contributed by atoms with E-state index in [1.165, 1.54) is 9.58 Å². The third-order valence-corrected chi connectivity index (χ3v) is 6.87. The van der Waals surface area contributed by atoms with E-state index in [0.717, 1.165) is 17.5 Å². The Morgan fingerprint density at radius 2 is 2.00 bits per heavy atom. The first kappa shape index (κ1) is 23.8. The quantitative estimate of drug-likeness (QED) is 0.451. The van der Waals surface area contributed by atoms with E-state index in [2.05, 4.69) is 20.6 Å². The second-order valence-corrected chi connectivity index (χ2v) is 9.24. The van der Waals surface area contributed by atoms with Crippen LogP contribution < -0.4 is 11.1 Å². The number of amides is 3. The molecule has 36 heavy (non-hydrogen) atoms. The van der Waals surface area contributed by atoms with Gasteiger partial charge in [-0.25, -0.2) is 4.39 Å². The molecule has 2 fully saturated rings. The summed E-state index contributed by atoms with van der Waals surface area (Å²) in [6.07, 6.45) is 3.05. The summed E-state index contributed by atoms with van der Waals surface area (Å²) >= 11 is 0. The first-order valence-electron chi connectivity index (χ1n) is 11.8. The van der Waals surface area contributed by atoms with Crippen molar-refractivity contribution in [3.8, 4) is 11.1 Å². The molecule has 0 radical (unpaired) electrons. The highest BCUT2D eigenvalue weighted by molar-refractivity contribution is 6.05. The van der Waals surface area contributed by atoms with Crippen molar-refractivity contribution in [2.45, 2.75) is 56.6 Å².